The molecule has 1 aliphatic heterocycles. The van der Waals surface area contributed by atoms with Crippen LogP contribution >= 0.6 is 11.6 Å². The van der Waals surface area contributed by atoms with Crippen molar-refractivity contribution < 1.29 is 23.1 Å². The highest BCUT2D eigenvalue weighted by atomic mass is 35.5. The minimum Gasteiger partial charge on any atom is -0.434 e. The summed E-state index contributed by atoms with van der Waals surface area (Å²) >= 11 is 5.80. The predicted octanol–water partition coefficient (Wildman–Crippen LogP) is 1.84. The van der Waals surface area contributed by atoms with Gasteiger partial charge in [0.2, 0.25) is 11.8 Å². The SMILES string of the molecule is O=C1CC[C@H](C(=O)NCc2cc(Cl)ccc2OC(F)F)N1. The van der Waals surface area contributed by atoms with Crippen LogP contribution in [0.15, 0.2) is 18.2 Å². The Labute approximate surface area is 124 Å². The average Bonchev–Trinajstić information content (AvgIpc) is 2.85. The van der Waals surface area contributed by atoms with Crippen molar-refractivity contribution in [3.05, 3.63) is 28.8 Å². The smallest absolute Gasteiger partial charge is 0.387 e. The summed E-state index contributed by atoms with van der Waals surface area (Å²) in [5, 5.41) is 5.43. The van der Waals surface area contributed by atoms with E-state index in [2.05, 4.69) is 15.4 Å². The van der Waals surface area contributed by atoms with Crippen LogP contribution in [0, 0.1) is 0 Å². The molecule has 1 saturated heterocycles. The molecule has 0 bridgehead atoms. The third kappa shape index (κ3) is 4.29. The van der Waals surface area contributed by atoms with E-state index >= 15 is 0 Å². The summed E-state index contributed by atoms with van der Waals surface area (Å²) in [4.78, 5) is 22.9. The first kappa shape index (κ1) is 15.5. The van der Waals surface area contributed by atoms with Gasteiger partial charge in [0.25, 0.3) is 0 Å². The molecule has 1 aliphatic rings. The van der Waals surface area contributed by atoms with Gasteiger partial charge >= 0.3 is 6.61 Å². The van der Waals surface area contributed by atoms with Crippen LogP contribution < -0.4 is 15.4 Å². The Hall–Kier alpha value is -1.89. The fourth-order valence-electron chi connectivity index (χ4n) is 2.01. The zero-order chi connectivity index (χ0) is 15.4. The molecule has 2 N–H and O–H groups in total. The average molecular weight is 319 g/mol. The van der Waals surface area contributed by atoms with Crippen molar-refractivity contribution in [1.29, 1.82) is 0 Å². The zero-order valence-electron chi connectivity index (χ0n) is 10.9. The summed E-state index contributed by atoms with van der Waals surface area (Å²) in [6.07, 6.45) is 0.718. The van der Waals surface area contributed by atoms with Gasteiger partial charge in [-0.2, -0.15) is 8.78 Å². The second-order valence-corrected chi connectivity index (χ2v) is 4.94. The van der Waals surface area contributed by atoms with Crippen molar-refractivity contribution in [2.24, 2.45) is 0 Å². The Bertz CT molecular complexity index is 554. The number of nitrogens with one attached hydrogen (secondary N) is 2. The normalized spacial score (nSPS) is 17.7. The molecular weight excluding hydrogens is 306 g/mol. The molecule has 8 heteroatoms. The van der Waals surface area contributed by atoms with Crippen LogP contribution in [0.3, 0.4) is 0 Å². The summed E-state index contributed by atoms with van der Waals surface area (Å²) in [5.41, 5.74) is 0.334. The van der Waals surface area contributed by atoms with Gasteiger partial charge in [0.15, 0.2) is 0 Å². The van der Waals surface area contributed by atoms with E-state index in [9.17, 15) is 18.4 Å². The summed E-state index contributed by atoms with van der Waals surface area (Å²) in [7, 11) is 0. The molecular formula is C13H13ClF2N2O3. The Balaban J connectivity index is 2.00. The molecule has 1 fully saturated rings. The molecule has 0 aliphatic carbocycles. The van der Waals surface area contributed by atoms with E-state index in [1.807, 2.05) is 0 Å². The quantitative estimate of drug-likeness (QED) is 0.870. The molecule has 114 valence electrons. The minimum absolute atomic E-state index is 0.0200. The molecule has 1 heterocycles. The van der Waals surface area contributed by atoms with Gasteiger partial charge in [0.1, 0.15) is 11.8 Å². The molecule has 21 heavy (non-hydrogen) atoms. The number of halogens is 3. The third-order valence-electron chi connectivity index (χ3n) is 3.00. The lowest BCUT2D eigenvalue weighted by Gasteiger charge is -2.14. The van der Waals surface area contributed by atoms with E-state index in [0.29, 0.717) is 23.4 Å². The highest BCUT2D eigenvalue weighted by molar-refractivity contribution is 6.30. The molecule has 0 saturated carbocycles. The Kier molecular flexibility index (Phi) is 4.95. The molecule has 0 spiro atoms. The number of carbonyl (C=O) groups excluding carboxylic acids is 2. The number of amides is 2. The summed E-state index contributed by atoms with van der Waals surface area (Å²) in [6, 6.07) is 3.58. The van der Waals surface area contributed by atoms with Gasteiger partial charge in [0.05, 0.1) is 0 Å². The van der Waals surface area contributed by atoms with Gasteiger partial charge in [-0.1, -0.05) is 11.6 Å². The first-order chi connectivity index (χ1) is 9.95. The van der Waals surface area contributed by atoms with Crippen LogP contribution in [0.4, 0.5) is 8.78 Å². The van der Waals surface area contributed by atoms with Crippen molar-refractivity contribution in [2.45, 2.75) is 32.0 Å². The lowest BCUT2D eigenvalue weighted by molar-refractivity contribution is -0.125. The molecule has 5 nitrogen and oxygen atoms in total. The van der Waals surface area contributed by atoms with E-state index in [1.54, 1.807) is 0 Å². The van der Waals surface area contributed by atoms with Crippen LogP contribution in [0.2, 0.25) is 5.02 Å². The highest BCUT2D eigenvalue weighted by Crippen LogP contribution is 2.24. The zero-order valence-corrected chi connectivity index (χ0v) is 11.6. The van der Waals surface area contributed by atoms with E-state index in [-0.39, 0.29) is 24.1 Å². The van der Waals surface area contributed by atoms with E-state index in [0.717, 1.165) is 0 Å². The first-order valence-corrected chi connectivity index (χ1v) is 6.64. The summed E-state index contributed by atoms with van der Waals surface area (Å²) < 4.78 is 29.0. The van der Waals surface area contributed by atoms with Gasteiger partial charge in [-0.05, 0) is 24.6 Å². The molecule has 0 unspecified atom stereocenters. The van der Waals surface area contributed by atoms with Crippen molar-refractivity contribution in [3.63, 3.8) is 0 Å². The fourth-order valence-corrected chi connectivity index (χ4v) is 2.21. The standard InChI is InChI=1S/C13H13ClF2N2O3/c14-8-1-3-10(21-13(15)16)7(5-8)6-17-12(20)9-2-4-11(19)18-9/h1,3,5,9,13H,2,4,6H2,(H,17,20)(H,18,19)/t9-/m1/s1. The molecule has 1 aromatic rings. The third-order valence-corrected chi connectivity index (χ3v) is 3.24. The molecule has 1 atom stereocenters. The summed E-state index contributed by atoms with van der Waals surface area (Å²) in [5.74, 6) is -0.603. The van der Waals surface area contributed by atoms with Crippen LogP contribution in [0.1, 0.15) is 18.4 Å². The Morgan fingerprint density at radius 1 is 1.52 bits per heavy atom. The van der Waals surface area contributed by atoms with Gasteiger partial charge in [-0.25, -0.2) is 0 Å². The molecule has 2 rings (SSSR count). The van der Waals surface area contributed by atoms with Crippen molar-refractivity contribution in [1.82, 2.24) is 10.6 Å². The number of alkyl halides is 2. The topological polar surface area (TPSA) is 67.4 Å². The maximum absolute atomic E-state index is 12.3. The van der Waals surface area contributed by atoms with Crippen LogP contribution in [-0.2, 0) is 16.1 Å². The largest absolute Gasteiger partial charge is 0.434 e. The highest BCUT2D eigenvalue weighted by Gasteiger charge is 2.27. The summed E-state index contributed by atoms with van der Waals surface area (Å²) in [6.45, 7) is -2.98. The van der Waals surface area contributed by atoms with Crippen LogP contribution in [0.5, 0.6) is 5.75 Å². The Morgan fingerprint density at radius 2 is 2.29 bits per heavy atom. The Morgan fingerprint density at radius 3 is 2.90 bits per heavy atom. The van der Waals surface area contributed by atoms with Gasteiger partial charge < -0.3 is 15.4 Å². The van der Waals surface area contributed by atoms with Crippen molar-refractivity contribution in [2.75, 3.05) is 0 Å². The lowest BCUT2D eigenvalue weighted by atomic mass is 10.1. The number of hydrogen-bond acceptors (Lipinski definition) is 3. The molecule has 0 radical (unpaired) electrons. The second-order valence-electron chi connectivity index (χ2n) is 4.51. The number of hydrogen-bond donors (Lipinski definition) is 2. The van der Waals surface area contributed by atoms with Crippen molar-refractivity contribution >= 4 is 23.4 Å². The number of carbonyl (C=O) groups is 2. The van der Waals surface area contributed by atoms with Crippen molar-refractivity contribution in [3.8, 4) is 5.75 Å². The first-order valence-electron chi connectivity index (χ1n) is 6.26. The predicted molar refractivity (Wildman–Crippen MR) is 71.1 cm³/mol. The minimum atomic E-state index is -2.96. The van der Waals surface area contributed by atoms with E-state index in [1.165, 1.54) is 18.2 Å². The molecule has 1 aromatic carbocycles. The van der Waals surface area contributed by atoms with Gasteiger partial charge in [-0.3, -0.25) is 9.59 Å². The van der Waals surface area contributed by atoms with Gasteiger partial charge in [-0.15, -0.1) is 0 Å². The fraction of sp³-hybridized carbons (Fsp3) is 0.385. The maximum Gasteiger partial charge on any atom is 0.387 e. The van der Waals surface area contributed by atoms with Crippen LogP contribution in [0.25, 0.3) is 0 Å². The van der Waals surface area contributed by atoms with E-state index < -0.39 is 12.7 Å². The number of benzene rings is 1. The van der Waals surface area contributed by atoms with Gasteiger partial charge in [0, 0.05) is 23.6 Å². The van der Waals surface area contributed by atoms with Crippen LogP contribution in [-0.4, -0.2) is 24.5 Å². The number of rotatable bonds is 5. The molecule has 2 amide bonds. The molecule has 0 aromatic heterocycles. The number of ether oxygens (including phenoxy) is 1. The lowest BCUT2D eigenvalue weighted by Crippen LogP contribution is -2.41. The second kappa shape index (κ2) is 6.71. The maximum atomic E-state index is 12.3. The van der Waals surface area contributed by atoms with E-state index in [4.69, 9.17) is 11.6 Å². The monoisotopic (exact) mass is 318 g/mol.